The second-order valence-corrected chi connectivity index (χ2v) is 7.90. The Morgan fingerprint density at radius 3 is 2.45 bits per heavy atom. The van der Waals surface area contributed by atoms with Crippen molar-refractivity contribution in [3.8, 4) is 0 Å². The molecule has 0 aromatic rings. The van der Waals surface area contributed by atoms with E-state index in [4.69, 9.17) is 10.6 Å². The summed E-state index contributed by atoms with van der Waals surface area (Å²) >= 11 is 0. The molecule has 128 valence electrons. The van der Waals surface area contributed by atoms with E-state index < -0.39 is 5.09 Å². The highest BCUT2D eigenvalue weighted by Crippen LogP contribution is 2.62. The van der Waals surface area contributed by atoms with Crippen molar-refractivity contribution in [1.29, 1.82) is 0 Å². The first kappa shape index (κ1) is 17.5. The largest absolute Gasteiger partial charge is 0.330 e. The Kier molecular flexibility index (Phi) is 5.36. The van der Waals surface area contributed by atoms with E-state index in [1.807, 2.05) is 6.92 Å². The first-order valence-corrected chi connectivity index (χ1v) is 8.90. The normalized spacial score (nSPS) is 39.3. The van der Waals surface area contributed by atoms with Crippen LogP contribution in [0.25, 0.3) is 0 Å². The molecular weight excluding hydrogens is 280 g/mol. The maximum absolute atomic E-state index is 10.9. The zero-order valence-corrected chi connectivity index (χ0v) is 14.3. The maximum atomic E-state index is 10.9. The highest BCUT2D eigenvalue weighted by molar-refractivity contribution is 5.04. The zero-order chi connectivity index (χ0) is 16.4. The number of nitrogens with two attached hydrogens (primary N) is 1. The third-order valence-electron chi connectivity index (χ3n) is 6.57. The molecule has 2 N–H and O–H groups in total. The first-order valence-electron chi connectivity index (χ1n) is 8.90. The fraction of sp³-hybridized carbons (Fsp3) is 1.00. The molecule has 0 radical (unpaired) electrons. The molecule has 22 heavy (non-hydrogen) atoms. The van der Waals surface area contributed by atoms with Gasteiger partial charge in [0.25, 0.3) is 5.09 Å². The third-order valence-corrected chi connectivity index (χ3v) is 6.57. The molecule has 0 heterocycles. The maximum Gasteiger partial charge on any atom is 0.294 e. The van der Waals surface area contributed by atoms with Crippen LogP contribution in [0.5, 0.6) is 0 Å². The van der Waals surface area contributed by atoms with E-state index >= 15 is 0 Å². The van der Waals surface area contributed by atoms with E-state index in [2.05, 4.69) is 13.8 Å². The average Bonchev–Trinajstić information content (AvgIpc) is 2.45. The lowest BCUT2D eigenvalue weighted by molar-refractivity contribution is -0.772. The van der Waals surface area contributed by atoms with Crippen molar-refractivity contribution >= 4 is 0 Å². The molecule has 2 saturated carbocycles. The first-order chi connectivity index (χ1) is 10.4. The molecule has 0 amide bonds. The van der Waals surface area contributed by atoms with Crippen molar-refractivity contribution in [1.82, 2.24) is 0 Å². The van der Waals surface area contributed by atoms with Crippen LogP contribution in [0.1, 0.15) is 72.1 Å². The summed E-state index contributed by atoms with van der Waals surface area (Å²) in [5.74, 6) is 1.26. The minimum Gasteiger partial charge on any atom is -0.330 e. The van der Waals surface area contributed by atoms with Crippen LogP contribution in [0.2, 0.25) is 0 Å². The summed E-state index contributed by atoms with van der Waals surface area (Å²) in [6.45, 7) is 7.15. The van der Waals surface area contributed by atoms with Crippen LogP contribution < -0.4 is 5.73 Å². The summed E-state index contributed by atoms with van der Waals surface area (Å²) in [6, 6.07) is 0. The summed E-state index contributed by atoms with van der Waals surface area (Å²) in [5.41, 5.74) is 6.11. The van der Waals surface area contributed by atoms with Crippen LogP contribution in [0.4, 0.5) is 0 Å². The molecule has 2 bridgehead atoms. The van der Waals surface area contributed by atoms with Gasteiger partial charge in [-0.3, -0.25) is 0 Å². The van der Waals surface area contributed by atoms with Gasteiger partial charge in [-0.05, 0) is 74.7 Å². The minimum atomic E-state index is -0.602. The van der Waals surface area contributed by atoms with Gasteiger partial charge in [0.05, 0.1) is 0 Å². The van der Waals surface area contributed by atoms with Crippen LogP contribution in [0.15, 0.2) is 0 Å². The van der Waals surface area contributed by atoms with E-state index in [-0.39, 0.29) is 11.5 Å². The summed E-state index contributed by atoms with van der Waals surface area (Å²) in [4.78, 5) is 15.9. The van der Waals surface area contributed by atoms with Crippen molar-refractivity contribution in [3.63, 3.8) is 0 Å². The van der Waals surface area contributed by atoms with Gasteiger partial charge in [-0.15, -0.1) is 10.1 Å². The molecule has 5 heteroatoms. The smallest absolute Gasteiger partial charge is 0.294 e. The second kappa shape index (κ2) is 6.73. The Bertz CT molecular complexity index is 403. The number of hydrogen-bond acceptors (Lipinski definition) is 4. The van der Waals surface area contributed by atoms with Crippen molar-refractivity contribution in [2.75, 3.05) is 6.54 Å². The van der Waals surface area contributed by atoms with Crippen LogP contribution >= 0.6 is 0 Å². The second-order valence-electron chi connectivity index (χ2n) is 7.90. The summed E-state index contributed by atoms with van der Waals surface area (Å²) in [7, 11) is 0. The fourth-order valence-electron chi connectivity index (χ4n) is 5.58. The Labute approximate surface area is 134 Å². The highest BCUT2D eigenvalue weighted by atomic mass is 17.0. The van der Waals surface area contributed by atoms with Crippen molar-refractivity contribution < 1.29 is 9.92 Å². The fourth-order valence-corrected chi connectivity index (χ4v) is 5.58. The van der Waals surface area contributed by atoms with Gasteiger partial charge in [-0.2, -0.15) is 0 Å². The number of rotatable bonds is 7. The molecule has 2 aliphatic carbocycles. The Morgan fingerprint density at radius 2 is 1.91 bits per heavy atom. The predicted octanol–water partition coefficient (Wildman–Crippen LogP) is 3.93. The summed E-state index contributed by atoms with van der Waals surface area (Å²) < 4.78 is 0. The van der Waals surface area contributed by atoms with Crippen molar-refractivity contribution in [3.05, 3.63) is 10.1 Å². The van der Waals surface area contributed by atoms with E-state index in [1.165, 1.54) is 12.8 Å². The van der Waals surface area contributed by atoms with E-state index in [0.29, 0.717) is 23.8 Å². The number of fused-ring (bicyclic) bond motifs is 2. The lowest BCUT2D eigenvalue weighted by atomic mass is 9.47. The lowest BCUT2D eigenvalue weighted by Crippen LogP contribution is -2.52. The zero-order valence-electron chi connectivity index (χ0n) is 14.3. The monoisotopic (exact) mass is 312 g/mol. The Morgan fingerprint density at radius 1 is 1.27 bits per heavy atom. The predicted molar refractivity (Wildman–Crippen MR) is 86.7 cm³/mol. The topological polar surface area (TPSA) is 78.4 Å². The van der Waals surface area contributed by atoms with Gasteiger partial charge in [-0.1, -0.05) is 26.7 Å². The molecule has 2 rings (SSSR count). The lowest BCUT2D eigenvalue weighted by Gasteiger charge is -2.59. The summed E-state index contributed by atoms with van der Waals surface area (Å²) in [6.07, 6.45) is 8.75. The van der Waals surface area contributed by atoms with Gasteiger partial charge in [-0.25, -0.2) is 0 Å². The Balaban J connectivity index is 2.30. The van der Waals surface area contributed by atoms with Gasteiger partial charge in [0, 0.05) is 0 Å². The van der Waals surface area contributed by atoms with Gasteiger partial charge in [0.2, 0.25) is 0 Å². The molecular formula is C17H32N2O3. The Hall–Kier alpha value is -0.840. The van der Waals surface area contributed by atoms with E-state index in [9.17, 15) is 10.1 Å². The molecule has 5 unspecified atom stereocenters. The number of hydrogen-bond donors (Lipinski definition) is 1. The van der Waals surface area contributed by atoms with Crippen LogP contribution in [0, 0.1) is 32.8 Å². The van der Waals surface area contributed by atoms with Crippen molar-refractivity contribution in [2.45, 2.75) is 78.2 Å². The molecule has 5 atom stereocenters. The highest BCUT2D eigenvalue weighted by Gasteiger charge is 2.55. The van der Waals surface area contributed by atoms with E-state index in [0.717, 1.165) is 38.5 Å². The number of nitrogens with zero attached hydrogens (tertiary/aromatic N) is 1. The van der Waals surface area contributed by atoms with Gasteiger partial charge in [0.1, 0.15) is 6.10 Å². The summed E-state index contributed by atoms with van der Waals surface area (Å²) in [5, 5.41) is 10.3. The molecule has 0 aromatic carbocycles. The molecule has 2 aliphatic rings. The minimum absolute atomic E-state index is 0.0416. The standard InChI is InChI=1S/C17H32N2O3/c1-4-14-8-16(5-2)9-15(6-7-18)11-17(10-14,12-16)13(3)22-19(20)21/h13-15H,4-12,18H2,1-3H3. The molecule has 0 spiro atoms. The van der Waals surface area contributed by atoms with Gasteiger partial charge >= 0.3 is 0 Å². The van der Waals surface area contributed by atoms with Crippen molar-refractivity contribution in [2.24, 2.45) is 28.4 Å². The van der Waals surface area contributed by atoms with Gasteiger partial charge < -0.3 is 10.6 Å². The molecule has 0 aromatic heterocycles. The quantitative estimate of drug-likeness (QED) is 0.570. The van der Waals surface area contributed by atoms with Crippen LogP contribution in [0.3, 0.4) is 0 Å². The SMILES string of the molecule is CCC1CC2(CC)CC(CCN)CC(C(C)O[N+](=O)[O-])(C1)C2. The average molecular weight is 312 g/mol. The van der Waals surface area contributed by atoms with Crippen LogP contribution in [-0.4, -0.2) is 17.7 Å². The molecule has 5 nitrogen and oxygen atoms in total. The van der Waals surface area contributed by atoms with Gasteiger partial charge in [0.15, 0.2) is 0 Å². The van der Waals surface area contributed by atoms with Crippen LogP contribution in [-0.2, 0) is 4.84 Å². The van der Waals surface area contributed by atoms with E-state index in [1.54, 1.807) is 0 Å². The molecule has 0 aliphatic heterocycles. The third kappa shape index (κ3) is 3.39. The molecule has 2 fully saturated rings. The molecule has 0 saturated heterocycles.